The van der Waals surface area contributed by atoms with E-state index >= 15 is 0 Å². The largest absolute Gasteiger partial charge is 0.374 e. The number of hydrogen-bond acceptors (Lipinski definition) is 3. The summed E-state index contributed by atoms with van der Waals surface area (Å²) < 4.78 is 5.88. The molecule has 1 aliphatic rings. The van der Waals surface area contributed by atoms with Gasteiger partial charge in [0.15, 0.2) is 0 Å². The third-order valence-corrected chi connectivity index (χ3v) is 4.05. The summed E-state index contributed by atoms with van der Waals surface area (Å²) in [5.41, 5.74) is 2.95. The maximum Gasteiger partial charge on any atom is 0.0746 e. The number of unbranched alkanes of at least 4 members (excludes halogenated alkanes) is 6. The lowest BCUT2D eigenvalue weighted by atomic mass is 10.0. The fourth-order valence-corrected chi connectivity index (χ4v) is 2.83. The SMILES string of the molecule is CCCCCCCCCC(NN)C1CCC(C)O1. The predicted molar refractivity (Wildman–Crippen MR) is 77.3 cm³/mol. The number of nitrogens with two attached hydrogens (primary N) is 1. The van der Waals surface area contributed by atoms with Gasteiger partial charge in [-0.2, -0.15) is 0 Å². The summed E-state index contributed by atoms with van der Waals surface area (Å²) in [6, 6.07) is 0.352. The van der Waals surface area contributed by atoms with Gasteiger partial charge < -0.3 is 4.74 Å². The van der Waals surface area contributed by atoms with Crippen LogP contribution in [0.25, 0.3) is 0 Å². The number of hydrazine groups is 1. The Kier molecular flexibility index (Phi) is 8.64. The van der Waals surface area contributed by atoms with Crippen LogP contribution in [0.4, 0.5) is 0 Å². The highest BCUT2D eigenvalue weighted by atomic mass is 16.5. The van der Waals surface area contributed by atoms with Crippen LogP contribution in [0, 0.1) is 0 Å². The summed E-state index contributed by atoms with van der Waals surface area (Å²) in [4.78, 5) is 0. The molecule has 1 rings (SSSR count). The third-order valence-electron chi connectivity index (χ3n) is 4.05. The van der Waals surface area contributed by atoms with Crippen molar-refractivity contribution in [2.45, 2.75) is 96.3 Å². The minimum atomic E-state index is 0.338. The third kappa shape index (κ3) is 6.17. The van der Waals surface area contributed by atoms with Crippen molar-refractivity contribution in [1.29, 1.82) is 0 Å². The van der Waals surface area contributed by atoms with Crippen LogP contribution in [0.2, 0.25) is 0 Å². The lowest BCUT2D eigenvalue weighted by molar-refractivity contribution is 0.0295. The van der Waals surface area contributed by atoms with Gasteiger partial charge in [-0.25, -0.2) is 0 Å². The summed E-state index contributed by atoms with van der Waals surface area (Å²) in [7, 11) is 0. The fraction of sp³-hybridized carbons (Fsp3) is 1.00. The second-order valence-electron chi connectivity index (χ2n) is 5.75. The van der Waals surface area contributed by atoms with Crippen molar-refractivity contribution in [2.75, 3.05) is 0 Å². The van der Waals surface area contributed by atoms with E-state index in [4.69, 9.17) is 10.6 Å². The Labute approximate surface area is 113 Å². The zero-order chi connectivity index (χ0) is 13.2. The van der Waals surface area contributed by atoms with Crippen LogP contribution in [0.1, 0.15) is 78.1 Å². The quantitative estimate of drug-likeness (QED) is 0.357. The second kappa shape index (κ2) is 9.76. The highest BCUT2D eigenvalue weighted by Gasteiger charge is 2.28. The Bertz CT molecular complexity index is 199. The van der Waals surface area contributed by atoms with Crippen molar-refractivity contribution in [3.05, 3.63) is 0 Å². The Morgan fingerprint density at radius 2 is 1.78 bits per heavy atom. The highest BCUT2D eigenvalue weighted by Crippen LogP contribution is 2.24. The summed E-state index contributed by atoms with van der Waals surface area (Å²) in [5.74, 6) is 5.65. The molecule has 1 aliphatic heterocycles. The normalized spacial score (nSPS) is 25.5. The van der Waals surface area contributed by atoms with Gasteiger partial charge in [0.1, 0.15) is 0 Å². The zero-order valence-corrected chi connectivity index (χ0v) is 12.3. The molecule has 0 saturated carbocycles. The molecule has 3 unspecified atom stereocenters. The lowest BCUT2D eigenvalue weighted by Gasteiger charge is -2.22. The smallest absolute Gasteiger partial charge is 0.0746 e. The molecule has 0 amide bonds. The van der Waals surface area contributed by atoms with E-state index in [2.05, 4.69) is 19.3 Å². The summed E-state index contributed by atoms with van der Waals surface area (Å²) in [5, 5.41) is 0. The van der Waals surface area contributed by atoms with Gasteiger partial charge in [0.05, 0.1) is 12.2 Å². The van der Waals surface area contributed by atoms with Crippen molar-refractivity contribution in [3.63, 3.8) is 0 Å². The van der Waals surface area contributed by atoms with Crippen molar-refractivity contribution in [3.8, 4) is 0 Å². The average molecular weight is 256 g/mol. The van der Waals surface area contributed by atoms with Crippen LogP contribution >= 0.6 is 0 Å². The molecule has 1 heterocycles. The van der Waals surface area contributed by atoms with E-state index in [1.807, 2.05) is 0 Å². The topological polar surface area (TPSA) is 47.3 Å². The van der Waals surface area contributed by atoms with Gasteiger partial charge >= 0.3 is 0 Å². The monoisotopic (exact) mass is 256 g/mol. The molecule has 1 fully saturated rings. The molecule has 0 aromatic rings. The zero-order valence-electron chi connectivity index (χ0n) is 12.3. The Morgan fingerprint density at radius 3 is 2.33 bits per heavy atom. The maximum atomic E-state index is 5.88. The molecule has 0 bridgehead atoms. The fourth-order valence-electron chi connectivity index (χ4n) is 2.83. The molecule has 1 saturated heterocycles. The molecule has 3 atom stereocenters. The van der Waals surface area contributed by atoms with Crippen molar-refractivity contribution in [2.24, 2.45) is 5.84 Å². The molecule has 108 valence electrons. The molecule has 0 aliphatic carbocycles. The van der Waals surface area contributed by atoms with Crippen LogP contribution in [-0.4, -0.2) is 18.2 Å². The van der Waals surface area contributed by atoms with Crippen molar-refractivity contribution >= 4 is 0 Å². The molecule has 3 N–H and O–H groups in total. The molecular weight excluding hydrogens is 224 g/mol. The first-order chi connectivity index (χ1) is 8.77. The van der Waals surface area contributed by atoms with Crippen LogP contribution in [0.15, 0.2) is 0 Å². The van der Waals surface area contributed by atoms with Crippen LogP contribution in [0.3, 0.4) is 0 Å². The summed E-state index contributed by atoms with van der Waals surface area (Å²) >= 11 is 0. The minimum absolute atomic E-state index is 0.338. The minimum Gasteiger partial charge on any atom is -0.374 e. The molecular formula is C15H32N2O. The lowest BCUT2D eigenvalue weighted by Crippen LogP contribution is -2.43. The molecule has 3 nitrogen and oxygen atoms in total. The molecule has 18 heavy (non-hydrogen) atoms. The van der Waals surface area contributed by atoms with Crippen molar-refractivity contribution in [1.82, 2.24) is 5.43 Å². The number of hydrogen-bond donors (Lipinski definition) is 2. The molecule has 0 aromatic carbocycles. The van der Waals surface area contributed by atoms with Crippen molar-refractivity contribution < 1.29 is 4.74 Å². The number of rotatable bonds is 10. The van der Waals surface area contributed by atoms with E-state index in [-0.39, 0.29) is 0 Å². The molecule has 0 spiro atoms. The van der Waals surface area contributed by atoms with Gasteiger partial charge in [-0.05, 0) is 26.2 Å². The summed E-state index contributed by atoms with van der Waals surface area (Å²) in [6.07, 6.45) is 13.7. The van der Waals surface area contributed by atoms with Crippen LogP contribution in [0.5, 0.6) is 0 Å². The predicted octanol–water partition coefficient (Wildman–Crippen LogP) is 3.53. The standard InChI is InChI=1S/C15H32N2O/c1-3-4-5-6-7-8-9-10-14(17-16)15-12-11-13(2)18-15/h13-15,17H,3-12,16H2,1-2H3. The van der Waals surface area contributed by atoms with E-state index < -0.39 is 0 Å². The molecule has 3 heteroatoms. The van der Waals surface area contributed by atoms with Gasteiger partial charge in [0, 0.05) is 6.04 Å². The molecule has 0 radical (unpaired) electrons. The van der Waals surface area contributed by atoms with Crippen LogP contribution in [-0.2, 0) is 4.74 Å². The first-order valence-electron chi connectivity index (χ1n) is 7.89. The van der Waals surface area contributed by atoms with E-state index in [0.717, 1.165) is 12.8 Å². The van der Waals surface area contributed by atoms with E-state index in [9.17, 15) is 0 Å². The van der Waals surface area contributed by atoms with E-state index in [1.165, 1.54) is 51.4 Å². The number of ether oxygens (including phenoxy) is 1. The Hall–Kier alpha value is -0.120. The van der Waals surface area contributed by atoms with Gasteiger partial charge in [-0.3, -0.25) is 11.3 Å². The maximum absolute atomic E-state index is 5.88. The first-order valence-corrected chi connectivity index (χ1v) is 7.89. The van der Waals surface area contributed by atoms with Gasteiger partial charge in [0.25, 0.3) is 0 Å². The Morgan fingerprint density at radius 1 is 1.11 bits per heavy atom. The van der Waals surface area contributed by atoms with Crippen LogP contribution < -0.4 is 11.3 Å². The van der Waals surface area contributed by atoms with Gasteiger partial charge in [0.2, 0.25) is 0 Å². The summed E-state index contributed by atoms with van der Waals surface area (Å²) in [6.45, 7) is 4.42. The van der Waals surface area contributed by atoms with E-state index in [0.29, 0.717) is 18.2 Å². The highest BCUT2D eigenvalue weighted by molar-refractivity contribution is 4.81. The van der Waals surface area contributed by atoms with Gasteiger partial charge in [-0.1, -0.05) is 51.9 Å². The van der Waals surface area contributed by atoms with E-state index in [1.54, 1.807) is 0 Å². The second-order valence-corrected chi connectivity index (χ2v) is 5.75. The first kappa shape index (κ1) is 15.9. The number of nitrogens with one attached hydrogen (secondary N) is 1. The molecule has 0 aromatic heterocycles. The average Bonchev–Trinajstić information content (AvgIpc) is 2.79. The Balaban J connectivity index is 2.02. The van der Waals surface area contributed by atoms with Gasteiger partial charge in [-0.15, -0.1) is 0 Å².